The number of anilines is 3. The van der Waals surface area contributed by atoms with E-state index in [1.54, 1.807) is 0 Å². The second kappa shape index (κ2) is 11.9. The minimum Gasteiger partial charge on any atom is -0.359 e. The van der Waals surface area contributed by atoms with Crippen LogP contribution in [-0.2, 0) is 0 Å². The van der Waals surface area contributed by atoms with Gasteiger partial charge >= 0.3 is 0 Å². The van der Waals surface area contributed by atoms with Gasteiger partial charge in [-0.1, -0.05) is 140 Å². The van der Waals surface area contributed by atoms with Crippen LogP contribution in [0.2, 0.25) is 0 Å². The summed E-state index contributed by atoms with van der Waals surface area (Å²) in [7, 11) is 0. The molecule has 0 saturated carbocycles. The predicted octanol–water partition coefficient (Wildman–Crippen LogP) is 11.8. The Morgan fingerprint density at radius 3 is 2.06 bits per heavy atom. The van der Waals surface area contributed by atoms with Crippen LogP contribution in [0.1, 0.15) is 48.2 Å². The molecule has 0 spiro atoms. The maximum Gasteiger partial charge on any atom is 0.130 e. The van der Waals surface area contributed by atoms with Gasteiger partial charge in [-0.05, 0) is 105 Å². The van der Waals surface area contributed by atoms with Crippen LogP contribution in [0.15, 0.2) is 181 Å². The number of hydrogen-bond acceptors (Lipinski definition) is 2. The van der Waals surface area contributed by atoms with Crippen LogP contribution in [0.3, 0.4) is 0 Å². The topological polar surface area (TPSA) is 15.3 Å². The largest absolute Gasteiger partial charge is 0.359 e. The van der Waals surface area contributed by atoms with Gasteiger partial charge in [0.1, 0.15) is 6.17 Å². The molecule has 0 saturated heterocycles. The van der Waals surface area contributed by atoms with Crippen molar-refractivity contribution >= 4 is 33.8 Å². The van der Waals surface area contributed by atoms with Crippen molar-refractivity contribution in [3.05, 3.63) is 203 Å². The first-order valence-corrected chi connectivity index (χ1v) is 17.2. The number of hydrogen-bond donors (Lipinski definition) is 1. The fraction of sp³-hybridized carbons (Fsp3) is 0.130. The molecule has 0 bridgehead atoms. The molecule has 2 nitrogen and oxygen atoms in total. The minimum atomic E-state index is 0.0218. The third-order valence-electron chi connectivity index (χ3n) is 10.5. The van der Waals surface area contributed by atoms with Gasteiger partial charge in [-0.3, -0.25) is 0 Å². The smallest absolute Gasteiger partial charge is 0.130 e. The summed E-state index contributed by atoms with van der Waals surface area (Å²) in [5, 5.41) is 3.80. The molecule has 1 aliphatic heterocycles. The van der Waals surface area contributed by atoms with E-state index in [0.717, 1.165) is 18.5 Å². The number of nitrogens with zero attached hydrogens (tertiary/aromatic N) is 1. The number of benzene rings is 5. The SMILES string of the molecule is CC1CC2=C(c3ccccc3)C3CC=CC=C3C(c3ccccc3)=C2C=C1c1ccc(C2Nc3ccccc3N2c2ccccc2)cc1. The molecule has 4 aliphatic rings. The molecule has 0 amide bonds. The summed E-state index contributed by atoms with van der Waals surface area (Å²) in [6.07, 6.45) is 11.6. The van der Waals surface area contributed by atoms with Crippen LogP contribution in [0.4, 0.5) is 17.1 Å². The summed E-state index contributed by atoms with van der Waals surface area (Å²) >= 11 is 0. The van der Waals surface area contributed by atoms with Crippen LogP contribution in [-0.4, -0.2) is 0 Å². The first-order valence-electron chi connectivity index (χ1n) is 17.2. The second-order valence-electron chi connectivity index (χ2n) is 13.3. The summed E-state index contributed by atoms with van der Waals surface area (Å²) < 4.78 is 0. The summed E-state index contributed by atoms with van der Waals surface area (Å²) in [6, 6.07) is 50.8. The molecule has 2 heteroatoms. The molecule has 3 atom stereocenters. The zero-order valence-corrected chi connectivity index (χ0v) is 27.2. The maximum absolute atomic E-state index is 3.80. The van der Waals surface area contributed by atoms with Gasteiger partial charge in [-0.2, -0.15) is 0 Å². The lowest BCUT2D eigenvalue weighted by Gasteiger charge is -2.39. The Morgan fingerprint density at radius 2 is 1.31 bits per heavy atom. The highest BCUT2D eigenvalue weighted by Gasteiger charge is 2.37. The molecular formula is C46H38N2. The molecule has 232 valence electrons. The number of para-hydroxylation sites is 3. The number of fused-ring (bicyclic) bond motifs is 3. The van der Waals surface area contributed by atoms with Crippen LogP contribution < -0.4 is 10.2 Å². The highest BCUT2D eigenvalue weighted by atomic mass is 15.3. The van der Waals surface area contributed by atoms with Gasteiger partial charge in [0.05, 0.1) is 11.4 Å². The maximum atomic E-state index is 3.80. The van der Waals surface area contributed by atoms with E-state index in [-0.39, 0.29) is 6.17 Å². The normalized spacial score (nSPS) is 21.2. The zero-order valence-electron chi connectivity index (χ0n) is 27.2. The molecule has 5 aromatic carbocycles. The summed E-state index contributed by atoms with van der Waals surface area (Å²) in [5.74, 6) is 0.757. The Kier molecular flexibility index (Phi) is 7.08. The monoisotopic (exact) mass is 618 g/mol. The van der Waals surface area contributed by atoms with Gasteiger partial charge in [-0.15, -0.1) is 0 Å². The molecule has 0 fully saturated rings. The molecule has 1 N–H and O–H groups in total. The molecule has 1 heterocycles. The summed E-state index contributed by atoms with van der Waals surface area (Å²) in [4.78, 5) is 2.41. The van der Waals surface area contributed by atoms with Crippen molar-refractivity contribution < 1.29 is 0 Å². The van der Waals surface area contributed by atoms with E-state index in [1.165, 1.54) is 67.1 Å². The molecule has 9 rings (SSSR count). The molecule has 0 aromatic heterocycles. The first kappa shape index (κ1) is 28.6. The van der Waals surface area contributed by atoms with Gasteiger partial charge in [0.2, 0.25) is 0 Å². The second-order valence-corrected chi connectivity index (χ2v) is 13.3. The third-order valence-corrected chi connectivity index (χ3v) is 10.5. The van der Waals surface area contributed by atoms with Crippen molar-refractivity contribution in [2.45, 2.75) is 25.9 Å². The van der Waals surface area contributed by atoms with Gasteiger partial charge in [0, 0.05) is 11.6 Å². The van der Waals surface area contributed by atoms with Gasteiger partial charge < -0.3 is 10.2 Å². The van der Waals surface area contributed by atoms with E-state index < -0.39 is 0 Å². The van der Waals surface area contributed by atoms with Crippen LogP contribution in [0, 0.1) is 11.8 Å². The average molecular weight is 619 g/mol. The van der Waals surface area contributed by atoms with Crippen LogP contribution in [0.25, 0.3) is 16.7 Å². The van der Waals surface area contributed by atoms with E-state index >= 15 is 0 Å². The Bertz CT molecular complexity index is 2150. The van der Waals surface area contributed by atoms with Gasteiger partial charge in [-0.25, -0.2) is 0 Å². The molecule has 0 radical (unpaired) electrons. The molecule has 48 heavy (non-hydrogen) atoms. The Hall–Kier alpha value is -5.60. The van der Waals surface area contributed by atoms with Crippen LogP contribution in [0.5, 0.6) is 0 Å². The first-order chi connectivity index (χ1) is 23.7. The highest BCUT2D eigenvalue weighted by molar-refractivity contribution is 5.99. The van der Waals surface area contributed by atoms with Crippen molar-refractivity contribution in [2.75, 3.05) is 10.2 Å². The lowest BCUT2D eigenvalue weighted by Crippen LogP contribution is -2.23. The van der Waals surface area contributed by atoms with E-state index in [4.69, 9.17) is 0 Å². The van der Waals surface area contributed by atoms with E-state index in [2.05, 4.69) is 181 Å². The van der Waals surface area contributed by atoms with Crippen molar-refractivity contribution in [3.8, 4) is 0 Å². The van der Waals surface area contributed by atoms with Gasteiger partial charge in [0.15, 0.2) is 0 Å². The van der Waals surface area contributed by atoms with E-state index in [0.29, 0.717) is 11.8 Å². The standard InChI is InChI=1S/C46H38N2/c1-31-29-40-41(45(34-17-7-3-8-18-34)38-22-12-11-21-37(38)44(40)33-15-5-2-6-16-33)30-39(31)32-25-27-35(28-26-32)46-47-42-23-13-14-24-43(42)48(46)36-19-9-4-10-20-36/h2-20,22-28,30-31,37,46-47H,21,29H2,1H3. The number of rotatable bonds is 5. The molecule has 3 unspecified atom stereocenters. The lowest BCUT2D eigenvalue weighted by molar-refractivity contribution is 0.710. The van der Waals surface area contributed by atoms with E-state index in [1.807, 2.05) is 0 Å². The van der Waals surface area contributed by atoms with Crippen molar-refractivity contribution in [1.82, 2.24) is 0 Å². The number of allylic oxidation sites excluding steroid dienone is 10. The zero-order chi connectivity index (χ0) is 32.0. The third kappa shape index (κ3) is 4.79. The Balaban J connectivity index is 1.16. The molecule has 5 aromatic rings. The van der Waals surface area contributed by atoms with Crippen molar-refractivity contribution in [3.63, 3.8) is 0 Å². The molecule has 3 aliphatic carbocycles. The molecular weight excluding hydrogens is 581 g/mol. The van der Waals surface area contributed by atoms with Crippen molar-refractivity contribution in [1.29, 1.82) is 0 Å². The number of nitrogens with one attached hydrogen (secondary N) is 1. The highest BCUT2D eigenvalue weighted by Crippen LogP contribution is 2.54. The fourth-order valence-electron chi connectivity index (χ4n) is 8.33. The van der Waals surface area contributed by atoms with Gasteiger partial charge in [0.25, 0.3) is 0 Å². The average Bonchev–Trinajstić information content (AvgIpc) is 3.54. The lowest BCUT2D eigenvalue weighted by atomic mass is 9.64. The Morgan fingerprint density at radius 1 is 0.646 bits per heavy atom. The van der Waals surface area contributed by atoms with E-state index in [9.17, 15) is 0 Å². The Labute approximate surface area is 283 Å². The summed E-state index contributed by atoms with van der Waals surface area (Å²) in [6.45, 7) is 2.41. The van der Waals surface area contributed by atoms with Crippen LogP contribution >= 0.6 is 0 Å². The van der Waals surface area contributed by atoms with Crippen molar-refractivity contribution in [2.24, 2.45) is 11.8 Å². The fourth-order valence-corrected chi connectivity index (χ4v) is 8.33. The summed E-state index contributed by atoms with van der Waals surface area (Å²) in [5.41, 5.74) is 17.4. The minimum absolute atomic E-state index is 0.0218. The predicted molar refractivity (Wildman–Crippen MR) is 202 cm³/mol. The quantitative estimate of drug-likeness (QED) is 0.211.